The number of urea groups is 1. The topological polar surface area (TPSA) is 48.5 Å². The molecular formula is C17H20N4O. The Kier molecular flexibility index (Phi) is 3.96. The van der Waals surface area contributed by atoms with E-state index in [1.54, 1.807) is 11.1 Å². The lowest BCUT2D eigenvalue weighted by Crippen LogP contribution is -2.38. The molecule has 1 N–H and O–H groups in total. The minimum atomic E-state index is -0.0540. The molecule has 0 saturated heterocycles. The van der Waals surface area contributed by atoms with Gasteiger partial charge in [-0.05, 0) is 29.7 Å². The standard InChI is InChI=1S/C17H20N4O/c1-20(2)16-8-7-13(11-18-16)12-19-17(22)21-10-9-14-5-3-4-6-15(14)21/h3-8,11H,9-10,12H2,1-2H3,(H,19,22). The highest BCUT2D eigenvalue weighted by Gasteiger charge is 2.23. The number of hydrogen-bond donors (Lipinski definition) is 1. The highest BCUT2D eigenvalue weighted by Crippen LogP contribution is 2.27. The first-order valence-electron chi connectivity index (χ1n) is 7.40. The Balaban J connectivity index is 1.61. The fourth-order valence-corrected chi connectivity index (χ4v) is 2.61. The zero-order chi connectivity index (χ0) is 15.5. The van der Waals surface area contributed by atoms with Gasteiger partial charge in [-0.15, -0.1) is 0 Å². The smallest absolute Gasteiger partial charge is 0.322 e. The number of pyridine rings is 1. The first kappa shape index (κ1) is 14.4. The summed E-state index contributed by atoms with van der Waals surface area (Å²) in [6.07, 6.45) is 2.72. The molecule has 0 radical (unpaired) electrons. The lowest BCUT2D eigenvalue weighted by Gasteiger charge is -2.18. The fraction of sp³-hybridized carbons (Fsp3) is 0.294. The minimum Gasteiger partial charge on any atom is -0.363 e. The van der Waals surface area contributed by atoms with Crippen molar-refractivity contribution < 1.29 is 4.79 Å². The Hall–Kier alpha value is -2.56. The van der Waals surface area contributed by atoms with Crippen LogP contribution in [0.4, 0.5) is 16.3 Å². The molecule has 0 atom stereocenters. The van der Waals surface area contributed by atoms with E-state index >= 15 is 0 Å². The molecule has 1 aromatic heterocycles. The maximum Gasteiger partial charge on any atom is 0.322 e. The summed E-state index contributed by atoms with van der Waals surface area (Å²) in [5.41, 5.74) is 3.24. The van der Waals surface area contributed by atoms with E-state index in [1.165, 1.54) is 5.56 Å². The average Bonchev–Trinajstić information content (AvgIpc) is 2.97. The first-order chi connectivity index (χ1) is 10.6. The highest BCUT2D eigenvalue weighted by atomic mass is 16.2. The van der Waals surface area contributed by atoms with Crippen LogP contribution in [-0.4, -0.2) is 31.7 Å². The highest BCUT2D eigenvalue weighted by molar-refractivity contribution is 5.94. The summed E-state index contributed by atoms with van der Waals surface area (Å²) in [6.45, 7) is 1.22. The molecular weight excluding hydrogens is 276 g/mol. The van der Waals surface area contributed by atoms with Crippen LogP contribution in [0.15, 0.2) is 42.6 Å². The Morgan fingerprint density at radius 3 is 2.82 bits per heavy atom. The van der Waals surface area contributed by atoms with E-state index < -0.39 is 0 Å². The number of carbonyl (C=O) groups is 1. The number of nitrogens with one attached hydrogen (secondary N) is 1. The number of hydrogen-bond acceptors (Lipinski definition) is 3. The van der Waals surface area contributed by atoms with Gasteiger partial charge in [0.15, 0.2) is 0 Å². The van der Waals surface area contributed by atoms with Crippen LogP contribution in [0.3, 0.4) is 0 Å². The van der Waals surface area contributed by atoms with Crippen LogP contribution in [0, 0.1) is 0 Å². The second-order valence-electron chi connectivity index (χ2n) is 5.61. The Labute approximate surface area is 130 Å². The van der Waals surface area contributed by atoms with Gasteiger partial charge in [0.25, 0.3) is 0 Å². The zero-order valence-corrected chi connectivity index (χ0v) is 12.9. The number of amides is 2. The molecule has 3 rings (SSSR count). The van der Waals surface area contributed by atoms with Gasteiger partial charge in [-0.2, -0.15) is 0 Å². The van der Waals surface area contributed by atoms with Crippen LogP contribution in [0.5, 0.6) is 0 Å². The number of rotatable bonds is 3. The molecule has 2 amide bonds. The van der Waals surface area contributed by atoms with Crippen molar-refractivity contribution in [2.75, 3.05) is 30.4 Å². The largest absolute Gasteiger partial charge is 0.363 e. The predicted octanol–water partition coefficient (Wildman–Crippen LogP) is 2.42. The molecule has 5 nitrogen and oxygen atoms in total. The van der Waals surface area contributed by atoms with Gasteiger partial charge < -0.3 is 10.2 Å². The molecule has 0 fully saturated rings. The summed E-state index contributed by atoms with van der Waals surface area (Å²) >= 11 is 0. The number of benzene rings is 1. The summed E-state index contributed by atoms with van der Waals surface area (Å²) in [4.78, 5) is 20.4. The molecule has 0 saturated carbocycles. The van der Waals surface area contributed by atoms with Crippen molar-refractivity contribution in [1.29, 1.82) is 0 Å². The molecule has 22 heavy (non-hydrogen) atoms. The molecule has 0 bridgehead atoms. The fourth-order valence-electron chi connectivity index (χ4n) is 2.61. The van der Waals surface area contributed by atoms with E-state index in [1.807, 2.05) is 49.3 Å². The molecule has 2 heterocycles. The molecule has 2 aromatic rings. The molecule has 0 spiro atoms. The average molecular weight is 296 g/mol. The maximum absolute atomic E-state index is 12.3. The van der Waals surface area contributed by atoms with Crippen molar-refractivity contribution in [3.63, 3.8) is 0 Å². The summed E-state index contributed by atoms with van der Waals surface area (Å²) < 4.78 is 0. The molecule has 114 valence electrons. The van der Waals surface area contributed by atoms with Crippen LogP contribution >= 0.6 is 0 Å². The SMILES string of the molecule is CN(C)c1ccc(CNC(=O)N2CCc3ccccc32)cn1. The van der Waals surface area contributed by atoms with Crippen LogP contribution in [0.1, 0.15) is 11.1 Å². The van der Waals surface area contributed by atoms with Crippen molar-refractivity contribution in [2.24, 2.45) is 0 Å². The van der Waals surface area contributed by atoms with Gasteiger partial charge in [0.05, 0.1) is 0 Å². The molecule has 0 aliphatic carbocycles. The van der Waals surface area contributed by atoms with E-state index in [-0.39, 0.29) is 6.03 Å². The quantitative estimate of drug-likeness (QED) is 0.946. The van der Waals surface area contributed by atoms with Gasteiger partial charge in [-0.3, -0.25) is 4.90 Å². The summed E-state index contributed by atoms with van der Waals surface area (Å²) in [5, 5.41) is 2.96. The van der Waals surface area contributed by atoms with Crippen molar-refractivity contribution in [2.45, 2.75) is 13.0 Å². The minimum absolute atomic E-state index is 0.0540. The Bertz CT molecular complexity index is 667. The molecule has 1 aliphatic heterocycles. The predicted molar refractivity (Wildman–Crippen MR) is 88.3 cm³/mol. The van der Waals surface area contributed by atoms with Crippen molar-refractivity contribution >= 4 is 17.5 Å². The van der Waals surface area contributed by atoms with Crippen molar-refractivity contribution in [1.82, 2.24) is 10.3 Å². The van der Waals surface area contributed by atoms with Crippen LogP contribution < -0.4 is 15.1 Å². The van der Waals surface area contributed by atoms with E-state index in [0.29, 0.717) is 6.54 Å². The molecule has 5 heteroatoms. The van der Waals surface area contributed by atoms with E-state index in [0.717, 1.165) is 30.0 Å². The molecule has 0 unspecified atom stereocenters. The summed E-state index contributed by atoms with van der Waals surface area (Å²) in [5.74, 6) is 0.906. The number of nitrogens with zero attached hydrogens (tertiary/aromatic N) is 3. The third-order valence-corrected chi connectivity index (χ3v) is 3.84. The normalized spacial score (nSPS) is 12.9. The lowest BCUT2D eigenvalue weighted by atomic mass is 10.2. The maximum atomic E-state index is 12.3. The zero-order valence-electron chi connectivity index (χ0n) is 12.9. The second kappa shape index (κ2) is 6.05. The van der Waals surface area contributed by atoms with Gasteiger partial charge in [0.1, 0.15) is 5.82 Å². The summed E-state index contributed by atoms with van der Waals surface area (Å²) in [6, 6.07) is 11.9. The number of carbonyl (C=O) groups excluding carboxylic acids is 1. The molecule has 1 aliphatic rings. The lowest BCUT2D eigenvalue weighted by molar-refractivity contribution is 0.246. The van der Waals surface area contributed by atoms with Gasteiger partial charge in [-0.1, -0.05) is 24.3 Å². The Morgan fingerprint density at radius 1 is 1.27 bits per heavy atom. The van der Waals surface area contributed by atoms with Crippen LogP contribution in [0.25, 0.3) is 0 Å². The van der Waals surface area contributed by atoms with E-state index in [9.17, 15) is 4.79 Å². The van der Waals surface area contributed by atoms with Crippen molar-refractivity contribution in [3.8, 4) is 0 Å². The van der Waals surface area contributed by atoms with Gasteiger partial charge in [-0.25, -0.2) is 9.78 Å². The number of para-hydroxylation sites is 1. The third-order valence-electron chi connectivity index (χ3n) is 3.84. The first-order valence-corrected chi connectivity index (χ1v) is 7.40. The van der Waals surface area contributed by atoms with Gasteiger partial charge >= 0.3 is 6.03 Å². The molecule has 1 aromatic carbocycles. The van der Waals surface area contributed by atoms with E-state index in [2.05, 4.69) is 16.4 Å². The summed E-state index contributed by atoms with van der Waals surface area (Å²) in [7, 11) is 3.91. The monoisotopic (exact) mass is 296 g/mol. The third kappa shape index (κ3) is 2.88. The van der Waals surface area contributed by atoms with E-state index in [4.69, 9.17) is 0 Å². The second-order valence-corrected chi connectivity index (χ2v) is 5.61. The van der Waals surface area contributed by atoms with Gasteiger partial charge in [0.2, 0.25) is 0 Å². The van der Waals surface area contributed by atoms with Crippen LogP contribution in [-0.2, 0) is 13.0 Å². The Morgan fingerprint density at radius 2 is 2.09 bits per heavy atom. The van der Waals surface area contributed by atoms with Crippen molar-refractivity contribution in [3.05, 3.63) is 53.7 Å². The van der Waals surface area contributed by atoms with Gasteiger partial charge in [0, 0.05) is 39.1 Å². The van der Waals surface area contributed by atoms with Crippen LogP contribution in [0.2, 0.25) is 0 Å². The number of aromatic nitrogens is 1. The number of anilines is 2. The number of fused-ring (bicyclic) bond motifs is 1.